The molecular formula is C14H14N2O2. The van der Waals surface area contributed by atoms with Crippen LogP contribution in [0, 0.1) is 0 Å². The normalized spacial score (nSPS) is 16.5. The fourth-order valence-electron chi connectivity index (χ4n) is 2.07. The summed E-state index contributed by atoms with van der Waals surface area (Å²) in [7, 11) is 0. The van der Waals surface area contributed by atoms with Crippen molar-refractivity contribution in [3.8, 4) is 0 Å². The smallest absolute Gasteiger partial charge is 0.271 e. The summed E-state index contributed by atoms with van der Waals surface area (Å²) in [4.78, 5) is 16.3. The Kier molecular flexibility index (Phi) is 2.52. The fourth-order valence-corrected chi connectivity index (χ4v) is 2.07. The van der Waals surface area contributed by atoms with Crippen LogP contribution in [-0.2, 0) is 0 Å². The van der Waals surface area contributed by atoms with Gasteiger partial charge >= 0.3 is 0 Å². The Labute approximate surface area is 105 Å². The molecule has 4 nitrogen and oxygen atoms in total. The van der Waals surface area contributed by atoms with Crippen LogP contribution in [0.25, 0.3) is 10.8 Å². The molecule has 0 saturated heterocycles. The van der Waals surface area contributed by atoms with E-state index >= 15 is 0 Å². The van der Waals surface area contributed by atoms with E-state index in [9.17, 15) is 9.90 Å². The number of hydrogen-bond acceptors (Lipinski definition) is 3. The van der Waals surface area contributed by atoms with Crippen molar-refractivity contribution < 1.29 is 9.90 Å². The van der Waals surface area contributed by atoms with Crippen LogP contribution in [0.15, 0.2) is 36.5 Å². The maximum atomic E-state index is 12.2. The number of hydrogen-bond donors (Lipinski definition) is 2. The van der Waals surface area contributed by atoms with Crippen LogP contribution >= 0.6 is 0 Å². The zero-order valence-corrected chi connectivity index (χ0v) is 9.89. The fraction of sp³-hybridized carbons (Fsp3) is 0.286. The minimum absolute atomic E-state index is 0.0104. The van der Waals surface area contributed by atoms with Gasteiger partial charge in [0.1, 0.15) is 5.69 Å². The lowest BCUT2D eigenvalue weighted by Gasteiger charge is -2.14. The summed E-state index contributed by atoms with van der Waals surface area (Å²) in [6.07, 6.45) is 3.30. The van der Waals surface area contributed by atoms with E-state index in [1.54, 1.807) is 6.20 Å². The Balaban J connectivity index is 1.96. The molecule has 4 heteroatoms. The molecule has 1 aromatic heterocycles. The summed E-state index contributed by atoms with van der Waals surface area (Å²) in [6, 6.07) is 9.54. The number of amides is 1. The van der Waals surface area contributed by atoms with Crippen LogP contribution in [0.1, 0.15) is 23.3 Å². The highest BCUT2D eigenvalue weighted by atomic mass is 16.3. The van der Waals surface area contributed by atoms with Gasteiger partial charge in [0.2, 0.25) is 0 Å². The highest BCUT2D eigenvalue weighted by Gasteiger charge is 2.43. The molecule has 0 radical (unpaired) electrons. The summed E-state index contributed by atoms with van der Waals surface area (Å²) in [5, 5.41) is 13.9. The van der Waals surface area contributed by atoms with Crippen molar-refractivity contribution in [2.45, 2.75) is 18.4 Å². The van der Waals surface area contributed by atoms with Crippen molar-refractivity contribution in [1.82, 2.24) is 10.3 Å². The van der Waals surface area contributed by atoms with Gasteiger partial charge in [0.25, 0.3) is 5.91 Å². The van der Waals surface area contributed by atoms with Gasteiger partial charge in [-0.2, -0.15) is 0 Å². The van der Waals surface area contributed by atoms with Crippen molar-refractivity contribution in [1.29, 1.82) is 0 Å². The minimum atomic E-state index is -0.407. The van der Waals surface area contributed by atoms with E-state index in [1.165, 1.54) is 0 Å². The Hall–Kier alpha value is -1.94. The first-order chi connectivity index (χ1) is 8.74. The van der Waals surface area contributed by atoms with Gasteiger partial charge in [-0.05, 0) is 24.3 Å². The molecule has 2 aromatic rings. The van der Waals surface area contributed by atoms with E-state index in [0.29, 0.717) is 5.69 Å². The van der Waals surface area contributed by atoms with Gasteiger partial charge in [-0.1, -0.05) is 24.3 Å². The third-order valence-electron chi connectivity index (χ3n) is 3.42. The first-order valence-corrected chi connectivity index (χ1v) is 6.01. The molecule has 1 aliphatic rings. The van der Waals surface area contributed by atoms with E-state index in [-0.39, 0.29) is 12.5 Å². The number of benzene rings is 1. The lowest BCUT2D eigenvalue weighted by molar-refractivity contribution is 0.0903. The topological polar surface area (TPSA) is 62.2 Å². The van der Waals surface area contributed by atoms with E-state index in [4.69, 9.17) is 0 Å². The van der Waals surface area contributed by atoms with Crippen LogP contribution in [-0.4, -0.2) is 28.1 Å². The summed E-state index contributed by atoms with van der Waals surface area (Å²) in [5.74, 6) is -0.210. The summed E-state index contributed by atoms with van der Waals surface area (Å²) < 4.78 is 0. The summed E-state index contributed by atoms with van der Waals surface area (Å²) >= 11 is 0. The van der Waals surface area contributed by atoms with E-state index in [1.807, 2.05) is 30.3 Å². The zero-order valence-electron chi connectivity index (χ0n) is 9.89. The van der Waals surface area contributed by atoms with Crippen molar-refractivity contribution >= 4 is 16.7 Å². The van der Waals surface area contributed by atoms with Crippen LogP contribution in [0.2, 0.25) is 0 Å². The molecule has 0 atom stereocenters. The maximum Gasteiger partial charge on any atom is 0.271 e. The number of aliphatic hydroxyl groups excluding tert-OH is 1. The number of pyridine rings is 1. The van der Waals surface area contributed by atoms with Gasteiger partial charge in [-0.15, -0.1) is 0 Å². The first-order valence-electron chi connectivity index (χ1n) is 6.01. The van der Waals surface area contributed by atoms with Gasteiger partial charge < -0.3 is 10.4 Å². The maximum absolute atomic E-state index is 12.2. The van der Waals surface area contributed by atoms with Gasteiger partial charge in [0.05, 0.1) is 12.1 Å². The van der Waals surface area contributed by atoms with Crippen molar-refractivity contribution in [3.63, 3.8) is 0 Å². The number of carbonyl (C=O) groups excluding carboxylic acids is 1. The number of aromatic nitrogens is 1. The predicted molar refractivity (Wildman–Crippen MR) is 68.3 cm³/mol. The monoisotopic (exact) mass is 242 g/mol. The Morgan fingerprint density at radius 3 is 2.83 bits per heavy atom. The third-order valence-corrected chi connectivity index (χ3v) is 3.42. The molecular weight excluding hydrogens is 228 g/mol. The SMILES string of the molecule is O=C(NC1(CO)CC1)c1nccc2ccccc12. The predicted octanol–water partition coefficient (Wildman–Crippen LogP) is 1.49. The summed E-state index contributed by atoms with van der Waals surface area (Å²) in [6.45, 7) is -0.0104. The third kappa shape index (κ3) is 1.84. The van der Waals surface area contributed by atoms with Crippen LogP contribution in [0.4, 0.5) is 0 Å². The van der Waals surface area contributed by atoms with Crippen molar-refractivity contribution in [2.75, 3.05) is 6.61 Å². The van der Waals surface area contributed by atoms with Gasteiger partial charge in [-0.3, -0.25) is 9.78 Å². The second-order valence-electron chi connectivity index (χ2n) is 4.77. The molecule has 0 bridgehead atoms. The molecule has 1 saturated carbocycles. The Morgan fingerprint density at radius 1 is 1.33 bits per heavy atom. The van der Waals surface area contributed by atoms with E-state index in [2.05, 4.69) is 10.3 Å². The largest absolute Gasteiger partial charge is 0.394 e. The minimum Gasteiger partial charge on any atom is -0.394 e. The summed E-state index contributed by atoms with van der Waals surface area (Å²) in [5.41, 5.74) is 0.0169. The number of aliphatic hydroxyl groups is 1. The standard InChI is InChI=1S/C14H14N2O2/c17-9-14(6-7-14)16-13(18)12-11-4-2-1-3-10(11)5-8-15-12/h1-5,8,17H,6-7,9H2,(H,16,18). The average molecular weight is 242 g/mol. The van der Waals surface area contributed by atoms with Gasteiger partial charge in [-0.25, -0.2) is 0 Å². The molecule has 1 amide bonds. The lowest BCUT2D eigenvalue weighted by Crippen LogP contribution is -2.40. The molecule has 92 valence electrons. The molecule has 1 aliphatic carbocycles. The van der Waals surface area contributed by atoms with Crippen LogP contribution in [0.5, 0.6) is 0 Å². The van der Waals surface area contributed by atoms with Gasteiger partial charge in [0.15, 0.2) is 0 Å². The van der Waals surface area contributed by atoms with E-state index < -0.39 is 5.54 Å². The Bertz CT molecular complexity index is 600. The molecule has 2 N–H and O–H groups in total. The highest BCUT2D eigenvalue weighted by molar-refractivity contribution is 6.05. The second kappa shape index (κ2) is 4.07. The average Bonchev–Trinajstić information content (AvgIpc) is 3.18. The van der Waals surface area contributed by atoms with Crippen molar-refractivity contribution in [2.24, 2.45) is 0 Å². The Morgan fingerprint density at radius 2 is 2.11 bits per heavy atom. The number of rotatable bonds is 3. The first kappa shape index (κ1) is 11.2. The molecule has 0 spiro atoms. The molecule has 3 rings (SSSR count). The number of nitrogens with zero attached hydrogens (tertiary/aromatic N) is 1. The molecule has 0 unspecified atom stereocenters. The van der Waals surface area contributed by atoms with Gasteiger partial charge in [0, 0.05) is 11.6 Å². The number of nitrogens with one attached hydrogen (secondary N) is 1. The molecule has 0 aliphatic heterocycles. The highest BCUT2D eigenvalue weighted by Crippen LogP contribution is 2.35. The molecule has 1 heterocycles. The van der Waals surface area contributed by atoms with E-state index in [0.717, 1.165) is 23.6 Å². The number of fused-ring (bicyclic) bond motifs is 1. The zero-order chi connectivity index (χ0) is 12.6. The van der Waals surface area contributed by atoms with Crippen LogP contribution < -0.4 is 5.32 Å². The second-order valence-corrected chi connectivity index (χ2v) is 4.77. The number of carbonyl (C=O) groups is 1. The molecule has 18 heavy (non-hydrogen) atoms. The molecule has 1 aromatic carbocycles. The quantitative estimate of drug-likeness (QED) is 0.857. The van der Waals surface area contributed by atoms with Crippen LogP contribution in [0.3, 0.4) is 0 Å². The lowest BCUT2D eigenvalue weighted by atomic mass is 10.1. The molecule has 1 fully saturated rings. The van der Waals surface area contributed by atoms with Crippen molar-refractivity contribution in [3.05, 3.63) is 42.2 Å².